The topological polar surface area (TPSA) is 40.5 Å². The van der Waals surface area contributed by atoms with Gasteiger partial charge in [-0.1, -0.05) is 182 Å². The number of hydrogen-bond donors (Lipinski definition) is 2. The molecule has 0 aliphatic rings. The first kappa shape index (κ1) is 42.1. The lowest BCUT2D eigenvalue weighted by Crippen LogP contribution is -2.31. The third-order valence-corrected chi connectivity index (χ3v) is 12.6. The SMILES string of the molecule is C.C.Fc1ccc(-c2ccccc2-c2ccccc2)c2c1sc1ccccc12.Fc1ccc(Br)c2c1sc1ccccc12.OB(O)c1ccccc1-c1ccccc1. The first-order valence-corrected chi connectivity index (χ1v) is 20.3. The maximum Gasteiger partial charge on any atom is 0.489 e. The highest BCUT2D eigenvalue weighted by Crippen LogP contribution is 2.44. The number of benzene rings is 8. The Kier molecular flexibility index (Phi) is 13.7. The zero-order chi connectivity index (χ0) is 38.6. The molecule has 0 amide bonds. The summed E-state index contributed by atoms with van der Waals surface area (Å²) in [7, 11) is -1.43. The van der Waals surface area contributed by atoms with Crippen LogP contribution < -0.4 is 5.46 Å². The van der Waals surface area contributed by atoms with Crippen LogP contribution in [-0.4, -0.2) is 17.2 Å². The maximum atomic E-state index is 14.6. The molecule has 0 aliphatic heterocycles. The largest absolute Gasteiger partial charge is 0.489 e. The van der Waals surface area contributed by atoms with Crippen LogP contribution in [0.15, 0.2) is 186 Å². The summed E-state index contributed by atoms with van der Waals surface area (Å²) in [6.45, 7) is 0. The van der Waals surface area contributed by atoms with E-state index in [-0.39, 0.29) is 26.5 Å². The quantitative estimate of drug-likeness (QED) is 0.173. The molecule has 2 aromatic heterocycles. The molecule has 10 rings (SSSR count). The zero-order valence-electron chi connectivity index (χ0n) is 29.7. The van der Waals surface area contributed by atoms with Gasteiger partial charge in [-0.25, -0.2) is 8.78 Å². The Bertz CT molecular complexity index is 2950. The molecule has 0 fully saturated rings. The molecule has 2 heterocycles. The molecule has 8 heteroatoms. The smallest absolute Gasteiger partial charge is 0.423 e. The van der Waals surface area contributed by atoms with E-state index in [4.69, 9.17) is 0 Å². The van der Waals surface area contributed by atoms with E-state index in [0.717, 1.165) is 72.6 Å². The lowest BCUT2D eigenvalue weighted by atomic mass is 9.75. The lowest BCUT2D eigenvalue weighted by molar-refractivity contribution is 0.426. The number of rotatable bonds is 4. The Morgan fingerprint density at radius 2 is 0.845 bits per heavy atom. The van der Waals surface area contributed by atoms with E-state index >= 15 is 0 Å². The second-order valence-corrected chi connectivity index (χ2v) is 15.9. The van der Waals surface area contributed by atoms with Crippen molar-refractivity contribution >= 4 is 91.5 Å². The van der Waals surface area contributed by atoms with Crippen LogP contribution in [-0.2, 0) is 0 Å². The zero-order valence-corrected chi connectivity index (χ0v) is 33.0. The van der Waals surface area contributed by atoms with Crippen molar-refractivity contribution in [2.75, 3.05) is 0 Å². The van der Waals surface area contributed by atoms with Crippen LogP contribution in [0.3, 0.4) is 0 Å². The predicted octanol–water partition coefficient (Wildman–Crippen LogP) is 14.8. The molecule has 0 aliphatic carbocycles. The van der Waals surface area contributed by atoms with Crippen molar-refractivity contribution in [2.24, 2.45) is 0 Å². The summed E-state index contributed by atoms with van der Waals surface area (Å²) in [6, 6.07) is 58.6. The summed E-state index contributed by atoms with van der Waals surface area (Å²) in [5.74, 6) is -0.295. The fourth-order valence-corrected chi connectivity index (χ4v) is 9.91. The summed E-state index contributed by atoms with van der Waals surface area (Å²) in [5, 5.41) is 22.7. The molecule has 2 nitrogen and oxygen atoms in total. The highest BCUT2D eigenvalue weighted by atomic mass is 79.9. The standard InChI is InChI=1S/C24H15FS.C12H11BO2.C12H6BrFS.2CH4/c25-21-15-14-19(23-20-12-6-7-13-22(20)26-24(21)23)18-11-5-4-10-17(18)16-8-2-1-3-9-16;14-13(15)12-9-5-4-8-11(12)10-6-2-1-3-7-10;13-8-5-6-9(14)12-11(8)7-3-1-2-4-10(7)15-12;;/h1-15H;1-9,14-15H;1-6H;2*1H4. The van der Waals surface area contributed by atoms with Gasteiger partial charge in [0.15, 0.2) is 0 Å². The Morgan fingerprint density at radius 3 is 1.43 bits per heavy atom. The molecular formula is C50H40BBrF2O2S2. The van der Waals surface area contributed by atoms with E-state index in [1.54, 1.807) is 24.3 Å². The number of halogens is 3. The minimum atomic E-state index is -1.43. The van der Waals surface area contributed by atoms with Gasteiger partial charge in [0, 0.05) is 35.4 Å². The van der Waals surface area contributed by atoms with Crippen molar-refractivity contribution in [3.63, 3.8) is 0 Å². The molecule has 0 bridgehead atoms. The van der Waals surface area contributed by atoms with Gasteiger partial charge in [-0.15, -0.1) is 22.7 Å². The van der Waals surface area contributed by atoms with Gasteiger partial charge in [0.05, 0.1) is 9.40 Å². The lowest BCUT2D eigenvalue weighted by Gasteiger charge is -2.12. The minimum absolute atomic E-state index is 0. The van der Waals surface area contributed by atoms with E-state index in [1.165, 1.54) is 34.3 Å². The van der Waals surface area contributed by atoms with Crippen molar-refractivity contribution in [1.82, 2.24) is 0 Å². The van der Waals surface area contributed by atoms with Crippen molar-refractivity contribution < 1.29 is 18.8 Å². The summed E-state index contributed by atoms with van der Waals surface area (Å²) in [5.41, 5.74) is 6.92. The Morgan fingerprint density at radius 1 is 0.414 bits per heavy atom. The molecular weight excluding hydrogens is 825 g/mol. The van der Waals surface area contributed by atoms with Gasteiger partial charge in [-0.05, 0) is 69.2 Å². The van der Waals surface area contributed by atoms with Crippen LogP contribution in [0.25, 0.3) is 73.7 Å². The molecule has 288 valence electrons. The van der Waals surface area contributed by atoms with Crippen molar-refractivity contribution in [2.45, 2.75) is 14.9 Å². The fraction of sp³-hybridized carbons (Fsp3) is 0.0400. The van der Waals surface area contributed by atoms with Crippen LogP contribution in [0.5, 0.6) is 0 Å². The van der Waals surface area contributed by atoms with Gasteiger partial charge >= 0.3 is 7.12 Å². The molecule has 0 saturated heterocycles. The van der Waals surface area contributed by atoms with Crippen LogP contribution in [0.2, 0.25) is 0 Å². The maximum absolute atomic E-state index is 14.6. The van der Waals surface area contributed by atoms with E-state index in [1.807, 2.05) is 109 Å². The first-order valence-electron chi connectivity index (χ1n) is 17.9. The number of fused-ring (bicyclic) bond motifs is 6. The summed E-state index contributed by atoms with van der Waals surface area (Å²) >= 11 is 6.49. The summed E-state index contributed by atoms with van der Waals surface area (Å²) < 4.78 is 32.8. The highest BCUT2D eigenvalue weighted by molar-refractivity contribution is 9.10. The summed E-state index contributed by atoms with van der Waals surface area (Å²) in [4.78, 5) is 0. The molecule has 0 atom stereocenters. The van der Waals surface area contributed by atoms with E-state index in [2.05, 4.69) is 58.4 Å². The molecule has 8 aromatic carbocycles. The monoisotopic (exact) mass is 864 g/mol. The van der Waals surface area contributed by atoms with Gasteiger partial charge in [0.2, 0.25) is 0 Å². The van der Waals surface area contributed by atoms with E-state index in [9.17, 15) is 18.8 Å². The minimum Gasteiger partial charge on any atom is -0.423 e. The molecule has 2 N–H and O–H groups in total. The van der Waals surface area contributed by atoms with Crippen LogP contribution in [0.1, 0.15) is 14.9 Å². The normalized spacial score (nSPS) is 10.6. The van der Waals surface area contributed by atoms with E-state index in [0.29, 0.717) is 5.46 Å². The van der Waals surface area contributed by atoms with Gasteiger partial charge < -0.3 is 10.0 Å². The number of thiophene rings is 2. The number of hydrogen-bond acceptors (Lipinski definition) is 4. The second-order valence-electron chi connectivity index (χ2n) is 13.0. The molecule has 58 heavy (non-hydrogen) atoms. The molecule has 0 radical (unpaired) electrons. The average Bonchev–Trinajstić information content (AvgIpc) is 3.85. The highest BCUT2D eigenvalue weighted by Gasteiger charge is 2.18. The Balaban J connectivity index is 0.000000153. The summed E-state index contributed by atoms with van der Waals surface area (Å²) in [6.07, 6.45) is 0. The van der Waals surface area contributed by atoms with Gasteiger partial charge in [-0.3, -0.25) is 0 Å². The second kappa shape index (κ2) is 18.9. The van der Waals surface area contributed by atoms with Crippen molar-refractivity contribution in [1.29, 1.82) is 0 Å². The van der Waals surface area contributed by atoms with Gasteiger partial charge in [0.1, 0.15) is 11.6 Å². The van der Waals surface area contributed by atoms with Crippen LogP contribution >= 0.6 is 38.6 Å². The molecule has 0 saturated carbocycles. The Labute approximate surface area is 354 Å². The first-order chi connectivity index (χ1) is 27.4. The average molecular weight is 866 g/mol. The van der Waals surface area contributed by atoms with Gasteiger partial charge in [0.25, 0.3) is 0 Å². The molecule has 0 spiro atoms. The fourth-order valence-electron chi connectivity index (χ4n) is 6.97. The van der Waals surface area contributed by atoms with Gasteiger partial charge in [-0.2, -0.15) is 0 Å². The third kappa shape index (κ3) is 8.53. The van der Waals surface area contributed by atoms with Crippen LogP contribution in [0.4, 0.5) is 8.78 Å². The Hall–Kier alpha value is -5.48. The molecule has 0 unspecified atom stereocenters. The van der Waals surface area contributed by atoms with Crippen molar-refractivity contribution in [3.05, 3.63) is 198 Å². The van der Waals surface area contributed by atoms with Crippen LogP contribution in [0, 0.1) is 11.6 Å². The van der Waals surface area contributed by atoms with E-state index < -0.39 is 7.12 Å². The van der Waals surface area contributed by atoms with Crippen molar-refractivity contribution in [3.8, 4) is 33.4 Å². The predicted molar refractivity (Wildman–Crippen MR) is 252 cm³/mol. The third-order valence-electron chi connectivity index (χ3n) is 9.53. The molecule has 10 aromatic rings.